The predicted molar refractivity (Wildman–Crippen MR) is 34.9 cm³/mol. The molecule has 0 unspecified atom stereocenters. The maximum Gasteiger partial charge on any atom is 0.294 e. The van der Waals surface area contributed by atoms with Gasteiger partial charge in [-0.3, -0.25) is 15.4 Å². The average molecular weight is 163 g/mol. The Balaban J connectivity index is 4.84. The lowest BCUT2D eigenvalue weighted by atomic mass is 13.8. The van der Waals surface area contributed by atoms with Crippen LogP contribution in [0.15, 0.2) is 0 Å². The molecule has 0 aromatic carbocycles. The summed E-state index contributed by atoms with van der Waals surface area (Å²) in [5, 5.41) is 14.3. The van der Waals surface area contributed by atoms with Gasteiger partial charge in [0.25, 0.3) is 6.72 Å². The first-order valence-electron chi connectivity index (χ1n) is 1.57. The molecule has 0 bridgehead atoms. The Kier molecular flexibility index (Phi) is 2.19. The van der Waals surface area contributed by atoms with Gasteiger partial charge in [0.15, 0.2) is 0 Å². The molecule has 0 aromatic heterocycles. The third kappa shape index (κ3) is 2.21. The van der Waals surface area contributed by atoms with E-state index in [4.69, 9.17) is 30.1 Å². The lowest BCUT2D eigenvalue weighted by Crippen LogP contribution is -2.42. The quantitative estimate of drug-likeness (QED) is 0.151. The van der Waals surface area contributed by atoms with Crippen LogP contribution in [0.1, 0.15) is 0 Å². The maximum absolute atomic E-state index is 8.25. The highest BCUT2D eigenvalue weighted by molar-refractivity contribution is 8.35. The van der Waals surface area contributed by atoms with Gasteiger partial charge in [-0.1, -0.05) is 9.76 Å². The SMILES string of the molecule is N[SH](N)(N)=P(O)(O)O. The molecule has 0 aromatic rings. The molecule has 8 heavy (non-hydrogen) atoms. The first kappa shape index (κ1) is 8.54. The van der Waals surface area contributed by atoms with E-state index in [0.29, 0.717) is 0 Å². The van der Waals surface area contributed by atoms with Crippen molar-refractivity contribution in [3.63, 3.8) is 0 Å². The highest BCUT2D eigenvalue weighted by Gasteiger charge is 2.10. The van der Waals surface area contributed by atoms with Crippen molar-refractivity contribution in [3.05, 3.63) is 0 Å². The summed E-state index contributed by atoms with van der Waals surface area (Å²) in [5.41, 5.74) is 0. The molecule has 0 atom stereocenters. The Morgan fingerprint density at radius 3 is 1.12 bits per heavy atom. The van der Waals surface area contributed by atoms with Crippen molar-refractivity contribution in [1.29, 1.82) is 0 Å². The topological polar surface area (TPSA) is 139 Å². The lowest BCUT2D eigenvalue weighted by Gasteiger charge is -2.19. The Morgan fingerprint density at radius 2 is 1.12 bits per heavy atom. The second-order valence-corrected chi connectivity index (χ2v) is 7.68. The summed E-state index contributed by atoms with van der Waals surface area (Å²) in [7, 11) is -3.32. The van der Waals surface area contributed by atoms with Crippen LogP contribution in [-0.2, 0) is 9.76 Å². The molecule has 0 aliphatic carbocycles. The first-order valence-corrected chi connectivity index (χ1v) is 5.92. The summed E-state index contributed by atoms with van der Waals surface area (Å²) in [4.78, 5) is 24.8. The van der Waals surface area contributed by atoms with Crippen molar-refractivity contribution in [1.82, 2.24) is 0 Å². The van der Waals surface area contributed by atoms with E-state index in [0.717, 1.165) is 0 Å². The average Bonchev–Trinajstić information content (AvgIpc) is 1.25. The van der Waals surface area contributed by atoms with Gasteiger partial charge in [-0.2, -0.15) is 0 Å². The van der Waals surface area contributed by atoms with Crippen LogP contribution in [0.5, 0.6) is 0 Å². The van der Waals surface area contributed by atoms with Gasteiger partial charge in [0, 0.05) is 0 Å². The molecule has 0 saturated heterocycles. The van der Waals surface area contributed by atoms with Gasteiger partial charge in [0.1, 0.15) is 0 Å². The van der Waals surface area contributed by atoms with E-state index in [-0.39, 0.29) is 0 Å². The van der Waals surface area contributed by atoms with E-state index >= 15 is 0 Å². The molecule has 0 amide bonds. The summed E-state index contributed by atoms with van der Waals surface area (Å²) in [6.45, 7) is -4.16. The van der Waals surface area contributed by atoms with E-state index < -0.39 is 16.5 Å². The van der Waals surface area contributed by atoms with Crippen molar-refractivity contribution in [2.75, 3.05) is 0 Å². The zero-order chi connectivity index (χ0) is 7.00. The van der Waals surface area contributed by atoms with Gasteiger partial charge in [0.2, 0.25) is 0 Å². The molecule has 0 fully saturated rings. The van der Waals surface area contributed by atoms with E-state index in [1.807, 2.05) is 0 Å². The number of hydrogen-bond donors (Lipinski definition) is 7. The van der Waals surface area contributed by atoms with Crippen LogP contribution < -0.4 is 15.4 Å². The van der Waals surface area contributed by atoms with Gasteiger partial charge in [0.05, 0.1) is 0 Å². The molecule has 0 heterocycles. The first-order chi connectivity index (χ1) is 3.25. The van der Waals surface area contributed by atoms with Crippen LogP contribution >= 0.6 is 6.72 Å². The Morgan fingerprint density at radius 1 is 1.00 bits per heavy atom. The molecule has 54 valence electrons. The van der Waals surface area contributed by atoms with Crippen molar-refractivity contribution >= 4 is 16.5 Å². The molecule has 9 N–H and O–H groups in total. The zero-order valence-electron chi connectivity index (χ0n) is 3.97. The van der Waals surface area contributed by atoms with E-state index in [2.05, 4.69) is 0 Å². The fourth-order valence-electron chi connectivity index (χ4n) is 0. The molecule has 0 spiro atoms. The lowest BCUT2D eigenvalue weighted by molar-refractivity contribution is 0.362. The van der Waals surface area contributed by atoms with Crippen molar-refractivity contribution in [2.24, 2.45) is 15.4 Å². The molecular formula is H10N3O3PS. The smallest absolute Gasteiger partial charge is 0.294 e. The highest BCUT2D eigenvalue weighted by Crippen LogP contribution is 2.35. The van der Waals surface area contributed by atoms with Gasteiger partial charge < -0.3 is 14.7 Å². The number of thiol groups is 1. The molecule has 0 radical (unpaired) electrons. The minimum atomic E-state index is -4.16. The summed E-state index contributed by atoms with van der Waals surface area (Å²) in [5.74, 6) is 0. The minimum absolute atomic E-state index is 3.32. The third-order valence-electron chi connectivity index (χ3n) is 0.465. The molecular weight excluding hydrogens is 153 g/mol. The van der Waals surface area contributed by atoms with E-state index in [1.165, 1.54) is 0 Å². The molecule has 6 nitrogen and oxygen atoms in total. The second-order valence-electron chi connectivity index (χ2n) is 1.33. The molecule has 0 aliphatic heterocycles. The van der Waals surface area contributed by atoms with Crippen LogP contribution in [-0.4, -0.2) is 14.7 Å². The maximum atomic E-state index is 8.25. The van der Waals surface area contributed by atoms with Crippen molar-refractivity contribution < 1.29 is 14.7 Å². The summed E-state index contributed by atoms with van der Waals surface area (Å²) >= 11 is 0. The Bertz CT molecular complexity index is 117. The van der Waals surface area contributed by atoms with Crippen LogP contribution in [0.4, 0.5) is 0 Å². The summed E-state index contributed by atoms with van der Waals surface area (Å²) in [6.07, 6.45) is 0. The highest BCUT2D eigenvalue weighted by atomic mass is 32.6. The van der Waals surface area contributed by atoms with Gasteiger partial charge >= 0.3 is 0 Å². The van der Waals surface area contributed by atoms with Gasteiger partial charge in [-0.15, -0.1) is 0 Å². The van der Waals surface area contributed by atoms with Crippen molar-refractivity contribution in [2.45, 2.75) is 0 Å². The summed E-state index contributed by atoms with van der Waals surface area (Å²) in [6, 6.07) is 0. The molecule has 0 rings (SSSR count). The summed E-state index contributed by atoms with van der Waals surface area (Å²) < 4.78 is 0. The fourth-order valence-corrected chi connectivity index (χ4v) is 0. The molecule has 8 heteroatoms. The standard InChI is InChI=1S/H10N3O3PS/c1-8(2,3)7(4,5)6/h4-6,8H,1-3H2. The van der Waals surface area contributed by atoms with Gasteiger partial charge in [-0.05, 0) is 0 Å². The third-order valence-corrected chi connectivity index (χ3v) is 4.18. The largest absolute Gasteiger partial charge is 0.327 e. The normalized spacial score (nSPS) is 16.2. The number of hydrogen-bond acceptors (Lipinski definition) is 0. The van der Waals surface area contributed by atoms with Crippen LogP contribution in [0, 0.1) is 0 Å². The molecule has 0 aliphatic rings. The Hall–Kier alpha value is 0.540. The van der Waals surface area contributed by atoms with Crippen LogP contribution in [0.25, 0.3) is 0 Å². The molecule has 0 saturated carbocycles. The minimum Gasteiger partial charge on any atom is -0.327 e. The number of rotatable bonds is 0. The van der Waals surface area contributed by atoms with Crippen LogP contribution in [0.2, 0.25) is 0 Å². The second kappa shape index (κ2) is 2.05. The van der Waals surface area contributed by atoms with Crippen LogP contribution in [0.3, 0.4) is 0 Å². The fraction of sp³-hybridized carbons (Fsp3) is 0. The Labute approximate surface area is 47.5 Å². The van der Waals surface area contributed by atoms with E-state index in [1.54, 1.807) is 0 Å². The van der Waals surface area contributed by atoms with Gasteiger partial charge in [-0.25, -0.2) is 0 Å². The number of nitrogens with two attached hydrogens (primary N) is 3. The predicted octanol–water partition coefficient (Wildman–Crippen LogP) is -2.85. The monoisotopic (exact) mass is 163 g/mol. The zero-order valence-corrected chi connectivity index (χ0v) is 5.76. The van der Waals surface area contributed by atoms with Crippen molar-refractivity contribution in [3.8, 4) is 0 Å². The van der Waals surface area contributed by atoms with E-state index in [9.17, 15) is 0 Å².